The maximum atomic E-state index is 5.93. The van der Waals surface area contributed by atoms with Gasteiger partial charge in [0.05, 0.1) is 6.61 Å². The highest BCUT2D eigenvalue weighted by Gasteiger charge is 2.25. The van der Waals surface area contributed by atoms with Crippen LogP contribution in [0.5, 0.6) is 5.75 Å². The van der Waals surface area contributed by atoms with E-state index in [2.05, 4.69) is 11.8 Å². The number of hydrogen-bond donors (Lipinski definition) is 1. The third-order valence-electron chi connectivity index (χ3n) is 4.47. The van der Waals surface area contributed by atoms with Gasteiger partial charge in [-0.1, -0.05) is 24.9 Å². The molecule has 1 aliphatic heterocycles. The molecule has 1 aromatic carbocycles. The zero-order valence-corrected chi connectivity index (χ0v) is 13.7. The van der Waals surface area contributed by atoms with Crippen molar-refractivity contribution in [2.75, 3.05) is 26.2 Å². The summed E-state index contributed by atoms with van der Waals surface area (Å²) >= 11 is 5.86. The normalized spacial score (nSPS) is 23.2. The van der Waals surface area contributed by atoms with E-state index in [1.54, 1.807) is 0 Å². The Bertz CT molecular complexity index is 410. The number of rotatable bonds is 7. The van der Waals surface area contributed by atoms with Crippen molar-refractivity contribution in [3.63, 3.8) is 0 Å². The van der Waals surface area contributed by atoms with Gasteiger partial charge < -0.3 is 10.5 Å². The molecule has 3 nitrogen and oxygen atoms in total. The Labute approximate surface area is 133 Å². The highest BCUT2D eigenvalue weighted by Crippen LogP contribution is 2.25. The third-order valence-corrected chi connectivity index (χ3v) is 4.72. The number of nitrogens with zero attached hydrogens (tertiary/aromatic N) is 1. The average molecular weight is 311 g/mol. The molecule has 0 saturated carbocycles. The summed E-state index contributed by atoms with van der Waals surface area (Å²) in [6.07, 6.45) is 4.88. The molecule has 2 N–H and O–H groups in total. The number of ether oxygens (including phenoxy) is 1. The van der Waals surface area contributed by atoms with Crippen molar-refractivity contribution in [2.24, 2.45) is 11.7 Å². The molecule has 0 amide bonds. The van der Waals surface area contributed by atoms with Crippen molar-refractivity contribution < 1.29 is 4.74 Å². The van der Waals surface area contributed by atoms with E-state index >= 15 is 0 Å². The molecule has 1 heterocycles. The molecular formula is C17H27ClN2O. The molecule has 1 saturated heterocycles. The molecule has 0 aromatic heterocycles. The van der Waals surface area contributed by atoms with E-state index in [-0.39, 0.29) is 0 Å². The average Bonchev–Trinajstić information content (AvgIpc) is 2.53. The molecule has 1 aliphatic rings. The highest BCUT2D eigenvalue weighted by atomic mass is 35.5. The molecule has 2 unspecified atom stereocenters. The lowest BCUT2D eigenvalue weighted by molar-refractivity contribution is 0.107. The first kappa shape index (κ1) is 16.6. The largest absolute Gasteiger partial charge is 0.494 e. The lowest BCUT2D eigenvalue weighted by atomic mass is 9.89. The van der Waals surface area contributed by atoms with Crippen molar-refractivity contribution in [1.82, 2.24) is 4.90 Å². The smallest absolute Gasteiger partial charge is 0.119 e. The molecular weight excluding hydrogens is 284 g/mol. The van der Waals surface area contributed by atoms with Crippen molar-refractivity contribution in [3.05, 3.63) is 29.3 Å². The predicted octanol–water partition coefficient (Wildman–Crippen LogP) is 3.56. The Morgan fingerprint density at radius 2 is 2.10 bits per heavy atom. The number of halogens is 1. The minimum absolute atomic E-state index is 0.555. The van der Waals surface area contributed by atoms with Crippen molar-refractivity contribution in [3.8, 4) is 5.75 Å². The van der Waals surface area contributed by atoms with Gasteiger partial charge in [-0.15, -0.1) is 0 Å². The second kappa shape index (κ2) is 8.62. The highest BCUT2D eigenvalue weighted by molar-refractivity contribution is 6.30. The molecule has 0 spiro atoms. The third kappa shape index (κ3) is 5.17. The van der Waals surface area contributed by atoms with Gasteiger partial charge in [-0.2, -0.15) is 0 Å². The number of likely N-dealkylation sites (tertiary alicyclic amines) is 1. The van der Waals surface area contributed by atoms with Crippen LogP contribution < -0.4 is 10.5 Å². The van der Waals surface area contributed by atoms with Gasteiger partial charge in [0, 0.05) is 24.2 Å². The van der Waals surface area contributed by atoms with Crippen LogP contribution in [-0.2, 0) is 0 Å². The van der Waals surface area contributed by atoms with E-state index in [1.165, 1.54) is 25.8 Å². The molecule has 2 atom stereocenters. The van der Waals surface area contributed by atoms with E-state index < -0.39 is 0 Å². The van der Waals surface area contributed by atoms with E-state index in [1.807, 2.05) is 24.3 Å². The molecule has 1 aromatic rings. The molecule has 0 bridgehead atoms. The van der Waals surface area contributed by atoms with Gasteiger partial charge in [-0.05, 0) is 56.0 Å². The number of nitrogens with two attached hydrogens (primary N) is 1. The minimum atomic E-state index is 0.555. The van der Waals surface area contributed by atoms with Crippen LogP contribution in [-0.4, -0.2) is 37.2 Å². The van der Waals surface area contributed by atoms with E-state index in [0.29, 0.717) is 6.04 Å². The summed E-state index contributed by atoms with van der Waals surface area (Å²) in [5.74, 6) is 1.75. The molecule has 4 heteroatoms. The lowest BCUT2D eigenvalue weighted by Crippen LogP contribution is -2.47. The maximum absolute atomic E-state index is 5.93. The number of hydrogen-bond acceptors (Lipinski definition) is 3. The summed E-state index contributed by atoms with van der Waals surface area (Å²) in [4.78, 5) is 2.54. The van der Waals surface area contributed by atoms with Gasteiger partial charge in [0.1, 0.15) is 5.75 Å². The second-order valence-corrected chi connectivity index (χ2v) is 6.32. The van der Waals surface area contributed by atoms with Gasteiger partial charge >= 0.3 is 0 Å². The first-order chi connectivity index (χ1) is 10.2. The predicted molar refractivity (Wildman–Crippen MR) is 89.0 cm³/mol. The fourth-order valence-electron chi connectivity index (χ4n) is 3.08. The Kier molecular flexibility index (Phi) is 6.81. The molecule has 21 heavy (non-hydrogen) atoms. The summed E-state index contributed by atoms with van der Waals surface area (Å²) in [5, 5.41) is 0.743. The summed E-state index contributed by atoms with van der Waals surface area (Å²) in [6, 6.07) is 8.10. The Morgan fingerprint density at radius 1 is 1.33 bits per heavy atom. The van der Waals surface area contributed by atoms with Gasteiger partial charge in [0.2, 0.25) is 0 Å². The number of piperidine rings is 1. The Hall–Kier alpha value is -0.770. The van der Waals surface area contributed by atoms with E-state index in [4.69, 9.17) is 22.1 Å². The van der Waals surface area contributed by atoms with Crippen LogP contribution in [0.4, 0.5) is 0 Å². The zero-order valence-electron chi connectivity index (χ0n) is 12.9. The van der Waals surface area contributed by atoms with Crippen LogP contribution in [0.3, 0.4) is 0 Å². The molecule has 0 radical (unpaired) electrons. The van der Waals surface area contributed by atoms with Crippen LogP contribution in [0.2, 0.25) is 5.02 Å². The van der Waals surface area contributed by atoms with Crippen molar-refractivity contribution in [2.45, 2.75) is 38.6 Å². The second-order valence-electron chi connectivity index (χ2n) is 5.88. The standard InChI is InChI=1S/C17H27ClN2O/c1-2-14-8-10-20(16(12-14)13-19)9-3-11-21-17-6-4-15(18)5-7-17/h4-7,14,16H,2-3,8-13,19H2,1H3. The van der Waals surface area contributed by atoms with Crippen molar-refractivity contribution >= 4 is 11.6 Å². The monoisotopic (exact) mass is 310 g/mol. The van der Waals surface area contributed by atoms with Gasteiger partial charge in [0.15, 0.2) is 0 Å². The van der Waals surface area contributed by atoms with Gasteiger partial charge in [-0.25, -0.2) is 0 Å². The molecule has 0 aliphatic carbocycles. The van der Waals surface area contributed by atoms with Crippen molar-refractivity contribution in [1.29, 1.82) is 0 Å². The fourth-order valence-corrected chi connectivity index (χ4v) is 3.21. The minimum Gasteiger partial charge on any atom is -0.494 e. The Morgan fingerprint density at radius 3 is 2.76 bits per heavy atom. The molecule has 118 valence electrons. The zero-order chi connectivity index (χ0) is 15.1. The first-order valence-corrected chi connectivity index (χ1v) is 8.43. The van der Waals surface area contributed by atoms with Gasteiger partial charge in [-0.3, -0.25) is 4.90 Å². The Balaban J connectivity index is 1.69. The first-order valence-electron chi connectivity index (χ1n) is 8.05. The topological polar surface area (TPSA) is 38.5 Å². The van der Waals surface area contributed by atoms with E-state index in [9.17, 15) is 0 Å². The fraction of sp³-hybridized carbons (Fsp3) is 0.647. The van der Waals surface area contributed by atoms with Crippen LogP contribution in [0.25, 0.3) is 0 Å². The van der Waals surface area contributed by atoms with Crippen LogP contribution in [0, 0.1) is 5.92 Å². The molecule has 1 fully saturated rings. The maximum Gasteiger partial charge on any atom is 0.119 e. The SMILES string of the molecule is CCC1CCN(CCCOc2ccc(Cl)cc2)C(CN)C1. The summed E-state index contributed by atoms with van der Waals surface area (Å²) in [6.45, 7) is 6.06. The van der Waals surface area contributed by atoms with Gasteiger partial charge in [0.25, 0.3) is 0 Å². The summed E-state index contributed by atoms with van der Waals surface area (Å²) in [7, 11) is 0. The quantitative estimate of drug-likeness (QED) is 0.783. The van der Waals surface area contributed by atoms with Crippen LogP contribution >= 0.6 is 11.6 Å². The van der Waals surface area contributed by atoms with E-state index in [0.717, 1.165) is 42.8 Å². The van der Waals surface area contributed by atoms with Crippen LogP contribution in [0.1, 0.15) is 32.6 Å². The summed E-state index contributed by atoms with van der Waals surface area (Å²) in [5.41, 5.74) is 5.93. The summed E-state index contributed by atoms with van der Waals surface area (Å²) < 4.78 is 5.75. The lowest BCUT2D eigenvalue weighted by Gasteiger charge is -2.38. The van der Waals surface area contributed by atoms with Crippen LogP contribution in [0.15, 0.2) is 24.3 Å². The molecule has 2 rings (SSSR count). The number of benzene rings is 1.